The molecular formula is C5H6N2O3. The molecule has 5 heteroatoms. The average molecular weight is 142 g/mol. The van der Waals surface area contributed by atoms with Crippen LogP contribution in [0.1, 0.15) is 6.92 Å². The van der Waals surface area contributed by atoms with Gasteiger partial charge in [-0.15, -0.1) is 0 Å². The maximum absolute atomic E-state index is 10.00. The van der Waals surface area contributed by atoms with Crippen molar-refractivity contribution in [3.05, 3.63) is 0 Å². The number of nitrogens with zero attached hydrogens (tertiary/aromatic N) is 2. The van der Waals surface area contributed by atoms with Crippen LogP contribution in [0.2, 0.25) is 0 Å². The molecule has 0 heterocycles. The molecule has 10 heavy (non-hydrogen) atoms. The van der Waals surface area contributed by atoms with E-state index >= 15 is 0 Å². The fraction of sp³-hybridized carbons (Fsp3) is 0.400. The summed E-state index contributed by atoms with van der Waals surface area (Å²) in [5.41, 5.74) is -0.171. The van der Waals surface area contributed by atoms with Crippen molar-refractivity contribution in [2.75, 3.05) is 6.61 Å². The zero-order chi connectivity index (χ0) is 7.98. The van der Waals surface area contributed by atoms with Crippen molar-refractivity contribution >= 4 is 11.7 Å². The van der Waals surface area contributed by atoms with Crippen molar-refractivity contribution in [2.45, 2.75) is 6.92 Å². The summed E-state index contributed by atoms with van der Waals surface area (Å²) in [6.07, 6.45) is 0. The van der Waals surface area contributed by atoms with Crippen LogP contribution in [-0.2, 0) is 9.63 Å². The fourth-order valence-electron chi connectivity index (χ4n) is 0.197. The summed E-state index contributed by atoms with van der Waals surface area (Å²) in [5.74, 6) is -1.15. The lowest BCUT2D eigenvalue weighted by molar-refractivity contribution is -0.129. The van der Waals surface area contributed by atoms with Gasteiger partial charge in [0.2, 0.25) is 6.61 Å². The highest BCUT2D eigenvalue weighted by Crippen LogP contribution is 1.79. The van der Waals surface area contributed by atoms with Gasteiger partial charge in [-0.3, -0.25) is 0 Å². The Kier molecular flexibility index (Phi) is 3.64. The van der Waals surface area contributed by atoms with Gasteiger partial charge < -0.3 is 9.94 Å². The van der Waals surface area contributed by atoms with E-state index in [1.165, 1.54) is 6.92 Å². The molecule has 0 fully saturated rings. The first kappa shape index (κ1) is 8.43. The van der Waals surface area contributed by atoms with E-state index in [2.05, 4.69) is 9.99 Å². The third-order valence-corrected chi connectivity index (χ3v) is 0.640. The molecule has 0 saturated carbocycles. The van der Waals surface area contributed by atoms with E-state index < -0.39 is 5.97 Å². The number of carboxylic acid groups (broad SMARTS) is 1. The number of hydrogen-bond acceptors (Lipinski definition) is 4. The van der Waals surface area contributed by atoms with Crippen molar-refractivity contribution in [2.24, 2.45) is 5.16 Å². The summed E-state index contributed by atoms with van der Waals surface area (Å²) in [6, 6.07) is 1.64. The van der Waals surface area contributed by atoms with Gasteiger partial charge in [0.25, 0.3) is 0 Å². The van der Waals surface area contributed by atoms with E-state index in [1.807, 2.05) is 0 Å². The highest BCUT2D eigenvalue weighted by Gasteiger charge is 2.00. The third kappa shape index (κ3) is 3.43. The van der Waals surface area contributed by atoms with E-state index in [0.29, 0.717) is 0 Å². The molecule has 0 rings (SSSR count). The lowest BCUT2D eigenvalue weighted by atomic mass is 10.4. The van der Waals surface area contributed by atoms with Crippen molar-refractivity contribution in [1.82, 2.24) is 0 Å². The monoisotopic (exact) mass is 142 g/mol. The van der Waals surface area contributed by atoms with Crippen LogP contribution < -0.4 is 0 Å². The van der Waals surface area contributed by atoms with Crippen LogP contribution in [0.4, 0.5) is 0 Å². The molecular weight excluding hydrogens is 136 g/mol. The van der Waals surface area contributed by atoms with Gasteiger partial charge in [0.05, 0.1) is 0 Å². The minimum absolute atomic E-state index is 0.171. The largest absolute Gasteiger partial charge is 0.477 e. The Morgan fingerprint density at radius 3 is 2.90 bits per heavy atom. The highest BCUT2D eigenvalue weighted by molar-refractivity contribution is 6.34. The Balaban J connectivity index is 3.72. The quantitative estimate of drug-likeness (QED) is 0.341. The SMILES string of the molecule is CC(=NOCC#N)C(=O)O. The average Bonchev–Trinajstić information content (AvgIpc) is 1.88. The zero-order valence-electron chi connectivity index (χ0n) is 5.37. The molecule has 0 aromatic rings. The number of hydrogen-bond donors (Lipinski definition) is 1. The Labute approximate surface area is 57.5 Å². The Morgan fingerprint density at radius 2 is 2.50 bits per heavy atom. The summed E-state index contributed by atoms with van der Waals surface area (Å²) in [7, 11) is 0. The molecule has 0 radical (unpaired) electrons. The van der Waals surface area contributed by atoms with Crippen LogP contribution in [0.25, 0.3) is 0 Å². The topological polar surface area (TPSA) is 82.7 Å². The van der Waals surface area contributed by atoms with Gasteiger partial charge in [-0.25, -0.2) is 4.79 Å². The van der Waals surface area contributed by atoms with Gasteiger partial charge in [-0.1, -0.05) is 5.16 Å². The molecule has 5 nitrogen and oxygen atoms in total. The molecule has 0 atom stereocenters. The molecule has 0 bridgehead atoms. The van der Waals surface area contributed by atoms with E-state index in [4.69, 9.17) is 10.4 Å². The van der Waals surface area contributed by atoms with Crippen molar-refractivity contribution in [1.29, 1.82) is 5.26 Å². The van der Waals surface area contributed by atoms with Crippen molar-refractivity contribution < 1.29 is 14.7 Å². The lowest BCUT2D eigenvalue weighted by Gasteiger charge is -1.90. The smallest absolute Gasteiger partial charge is 0.353 e. The van der Waals surface area contributed by atoms with Gasteiger partial charge >= 0.3 is 5.97 Å². The standard InChI is InChI=1S/C5H6N2O3/c1-4(5(8)9)7-10-3-2-6/h3H2,1H3,(H,8,9). The molecule has 0 aromatic carbocycles. The van der Waals surface area contributed by atoms with Crippen molar-refractivity contribution in [3.63, 3.8) is 0 Å². The van der Waals surface area contributed by atoms with Crippen LogP contribution >= 0.6 is 0 Å². The Hall–Kier alpha value is -1.57. The first-order chi connectivity index (χ1) is 4.68. The van der Waals surface area contributed by atoms with Crippen molar-refractivity contribution in [3.8, 4) is 6.07 Å². The molecule has 0 aliphatic rings. The van der Waals surface area contributed by atoms with Crippen LogP contribution in [0, 0.1) is 11.3 Å². The predicted molar refractivity (Wildman–Crippen MR) is 32.3 cm³/mol. The molecule has 0 spiro atoms. The van der Waals surface area contributed by atoms with E-state index in [-0.39, 0.29) is 12.3 Å². The predicted octanol–water partition coefficient (Wildman–Crippen LogP) is -0.0129. The summed E-state index contributed by atoms with van der Waals surface area (Å²) in [4.78, 5) is 14.3. The first-order valence-electron chi connectivity index (χ1n) is 2.45. The van der Waals surface area contributed by atoms with Crippen LogP contribution in [0.5, 0.6) is 0 Å². The minimum Gasteiger partial charge on any atom is -0.477 e. The highest BCUT2D eigenvalue weighted by atomic mass is 16.6. The summed E-state index contributed by atoms with van der Waals surface area (Å²) < 4.78 is 0. The molecule has 1 N–H and O–H groups in total. The number of carbonyl (C=O) groups is 1. The molecule has 0 aromatic heterocycles. The van der Waals surface area contributed by atoms with Crippen LogP contribution in [0.15, 0.2) is 5.16 Å². The Bertz CT molecular complexity index is 192. The molecule has 0 amide bonds. The lowest BCUT2D eigenvalue weighted by Crippen LogP contribution is -2.08. The van der Waals surface area contributed by atoms with E-state index in [9.17, 15) is 4.79 Å². The number of nitriles is 1. The van der Waals surface area contributed by atoms with Gasteiger partial charge in [0.15, 0.2) is 5.71 Å². The second kappa shape index (κ2) is 4.32. The molecule has 0 aliphatic carbocycles. The summed E-state index contributed by atoms with van der Waals surface area (Å²) in [6.45, 7) is 1.05. The number of oxime groups is 1. The van der Waals surface area contributed by atoms with Gasteiger partial charge in [-0.2, -0.15) is 5.26 Å². The molecule has 0 unspecified atom stereocenters. The summed E-state index contributed by atoms with van der Waals surface area (Å²) in [5, 5.41) is 19.2. The third-order valence-electron chi connectivity index (χ3n) is 0.640. The second-order valence-electron chi connectivity index (χ2n) is 1.41. The second-order valence-corrected chi connectivity index (χ2v) is 1.41. The van der Waals surface area contributed by atoms with Gasteiger partial charge in [0.1, 0.15) is 6.07 Å². The number of carboxylic acids is 1. The normalized spacial score (nSPS) is 10.2. The van der Waals surface area contributed by atoms with E-state index in [1.54, 1.807) is 6.07 Å². The van der Waals surface area contributed by atoms with Gasteiger partial charge in [-0.05, 0) is 6.92 Å². The van der Waals surface area contributed by atoms with Gasteiger partial charge in [0, 0.05) is 0 Å². The number of rotatable bonds is 3. The van der Waals surface area contributed by atoms with Crippen LogP contribution in [0.3, 0.4) is 0 Å². The molecule has 0 aliphatic heterocycles. The molecule has 54 valence electrons. The minimum atomic E-state index is -1.15. The maximum atomic E-state index is 10.00. The Morgan fingerprint density at radius 1 is 1.90 bits per heavy atom. The summed E-state index contributed by atoms with van der Waals surface area (Å²) >= 11 is 0. The van der Waals surface area contributed by atoms with E-state index in [0.717, 1.165) is 0 Å². The number of aliphatic carboxylic acids is 1. The maximum Gasteiger partial charge on any atom is 0.353 e. The fourth-order valence-corrected chi connectivity index (χ4v) is 0.197. The first-order valence-corrected chi connectivity index (χ1v) is 2.45. The van der Waals surface area contributed by atoms with Crippen LogP contribution in [-0.4, -0.2) is 23.4 Å². The molecule has 0 saturated heterocycles. The zero-order valence-corrected chi connectivity index (χ0v) is 5.37.